The number of benzene rings is 1. The first kappa shape index (κ1) is 18.7. The van der Waals surface area contributed by atoms with Gasteiger partial charge in [-0.25, -0.2) is 0 Å². The van der Waals surface area contributed by atoms with Gasteiger partial charge in [-0.05, 0) is 43.0 Å². The van der Waals surface area contributed by atoms with E-state index >= 15 is 0 Å². The second-order valence-corrected chi connectivity index (χ2v) is 6.86. The summed E-state index contributed by atoms with van der Waals surface area (Å²) in [5.41, 5.74) is 3.45. The van der Waals surface area contributed by atoms with Gasteiger partial charge in [0.15, 0.2) is 0 Å². The summed E-state index contributed by atoms with van der Waals surface area (Å²) >= 11 is 0. The molecule has 1 amide bonds. The zero-order valence-corrected chi connectivity index (χ0v) is 15.7. The molecular formula is C21H28N2O3. The predicted molar refractivity (Wildman–Crippen MR) is 102 cm³/mol. The number of methoxy groups -OCH3 is 1. The van der Waals surface area contributed by atoms with Crippen LogP contribution in [0.5, 0.6) is 0 Å². The van der Waals surface area contributed by atoms with Gasteiger partial charge in [0.25, 0.3) is 5.91 Å². The van der Waals surface area contributed by atoms with E-state index in [-0.39, 0.29) is 18.6 Å². The number of anilines is 1. The smallest absolute Gasteiger partial charge is 0.253 e. The van der Waals surface area contributed by atoms with Gasteiger partial charge in [0.05, 0.1) is 12.5 Å². The summed E-state index contributed by atoms with van der Waals surface area (Å²) in [7, 11) is 1.57. The van der Waals surface area contributed by atoms with Crippen molar-refractivity contribution in [3.8, 4) is 0 Å². The van der Waals surface area contributed by atoms with E-state index in [4.69, 9.17) is 9.15 Å². The van der Waals surface area contributed by atoms with Crippen molar-refractivity contribution in [3.63, 3.8) is 0 Å². The molecule has 3 rings (SSSR count). The highest BCUT2D eigenvalue weighted by molar-refractivity contribution is 5.94. The van der Waals surface area contributed by atoms with Crippen LogP contribution >= 0.6 is 0 Å². The zero-order chi connectivity index (χ0) is 18.4. The Kier molecular flexibility index (Phi) is 6.47. The van der Waals surface area contributed by atoms with Crippen LogP contribution < -0.4 is 4.90 Å². The van der Waals surface area contributed by atoms with Gasteiger partial charge in [0.1, 0.15) is 6.61 Å². The second kappa shape index (κ2) is 9.01. The fraction of sp³-hybridized carbons (Fsp3) is 0.476. The van der Waals surface area contributed by atoms with Crippen LogP contribution in [0.1, 0.15) is 30.9 Å². The van der Waals surface area contributed by atoms with Crippen molar-refractivity contribution in [2.45, 2.75) is 38.8 Å². The average Bonchev–Trinajstić information content (AvgIpc) is 3.17. The molecule has 1 aliphatic heterocycles. The number of carbonyl (C=O) groups is 1. The number of likely N-dealkylation sites (tertiary alicyclic amines) is 1. The molecule has 0 saturated carbocycles. The van der Waals surface area contributed by atoms with E-state index in [2.05, 4.69) is 36.1 Å². The lowest BCUT2D eigenvalue weighted by Crippen LogP contribution is -2.48. The molecule has 0 radical (unpaired) electrons. The molecule has 1 saturated heterocycles. The van der Waals surface area contributed by atoms with Crippen molar-refractivity contribution < 1.29 is 13.9 Å². The topological polar surface area (TPSA) is 45.9 Å². The SMILES string of the molecule is CCc1ccc(N(C(=O)COC)C2CCN(Cc3ccoc3)CC2)cc1. The molecule has 1 aliphatic rings. The Hall–Kier alpha value is -2.11. The molecule has 1 aromatic carbocycles. The Labute approximate surface area is 155 Å². The maximum atomic E-state index is 12.7. The number of ether oxygens (including phenoxy) is 1. The number of rotatable bonds is 7. The van der Waals surface area contributed by atoms with Crippen LogP contribution in [0.3, 0.4) is 0 Å². The Morgan fingerprint density at radius 2 is 1.92 bits per heavy atom. The van der Waals surface area contributed by atoms with Crippen LogP contribution in [0.25, 0.3) is 0 Å². The first-order chi connectivity index (χ1) is 12.7. The maximum absolute atomic E-state index is 12.7. The first-order valence-corrected chi connectivity index (χ1v) is 9.34. The van der Waals surface area contributed by atoms with E-state index in [9.17, 15) is 4.79 Å². The van der Waals surface area contributed by atoms with Crippen molar-refractivity contribution in [2.24, 2.45) is 0 Å². The van der Waals surface area contributed by atoms with Crippen LogP contribution in [-0.4, -0.2) is 43.7 Å². The number of amides is 1. The molecule has 0 N–H and O–H groups in total. The molecular weight excluding hydrogens is 328 g/mol. The summed E-state index contributed by atoms with van der Waals surface area (Å²) in [5.74, 6) is 0.0324. The van der Waals surface area contributed by atoms with Crippen molar-refractivity contribution >= 4 is 11.6 Å². The highest BCUT2D eigenvalue weighted by atomic mass is 16.5. The predicted octanol–water partition coefficient (Wildman–Crippen LogP) is 3.49. The van der Waals surface area contributed by atoms with Gasteiger partial charge in [0.2, 0.25) is 0 Å². The number of hydrogen-bond donors (Lipinski definition) is 0. The van der Waals surface area contributed by atoms with Crippen LogP contribution in [0.2, 0.25) is 0 Å². The lowest BCUT2D eigenvalue weighted by molar-refractivity contribution is -0.122. The fourth-order valence-electron chi connectivity index (χ4n) is 3.62. The minimum Gasteiger partial charge on any atom is -0.472 e. The minimum absolute atomic E-state index is 0.0324. The van der Waals surface area contributed by atoms with Gasteiger partial charge in [-0.3, -0.25) is 9.69 Å². The second-order valence-electron chi connectivity index (χ2n) is 6.86. The van der Waals surface area contributed by atoms with Crippen LogP contribution in [0, 0.1) is 0 Å². The number of carbonyl (C=O) groups excluding carboxylic acids is 1. The molecule has 5 nitrogen and oxygen atoms in total. The summed E-state index contributed by atoms with van der Waals surface area (Å²) in [5, 5.41) is 0. The third-order valence-corrected chi connectivity index (χ3v) is 5.07. The van der Waals surface area contributed by atoms with Crippen LogP contribution in [0.4, 0.5) is 5.69 Å². The van der Waals surface area contributed by atoms with Gasteiger partial charge in [-0.15, -0.1) is 0 Å². The number of nitrogens with zero attached hydrogens (tertiary/aromatic N) is 2. The van der Waals surface area contributed by atoms with Crippen molar-refractivity contribution in [1.29, 1.82) is 0 Å². The summed E-state index contributed by atoms with van der Waals surface area (Å²) < 4.78 is 10.3. The monoisotopic (exact) mass is 356 g/mol. The quantitative estimate of drug-likeness (QED) is 0.762. The third kappa shape index (κ3) is 4.54. The number of furan rings is 1. The molecule has 2 aromatic rings. The summed E-state index contributed by atoms with van der Waals surface area (Å²) in [6.07, 6.45) is 6.44. The van der Waals surface area contributed by atoms with E-state index in [1.54, 1.807) is 19.6 Å². The van der Waals surface area contributed by atoms with E-state index in [0.29, 0.717) is 0 Å². The van der Waals surface area contributed by atoms with Crippen molar-refractivity contribution in [3.05, 3.63) is 54.0 Å². The van der Waals surface area contributed by atoms with Crippen LogP contribution in [-0.2, 0) is 22.5 Å². The molecule has 0 aliphatic carbocycles. The highest BCUT2D eigenvalue weighted by Gasteiger charge is 2.29. The highest BCUT2D eigenvalue weighted by Crippen LogP contribution is 2.25. The van der Waals surface area contributed by atoms with Gasteiger partial charge in [0, 0.05) is 44.0 Å². The minimum atomic E-state index is 0.0324. The van der Waals surface area contributed by atoms with Gasteiger partial charge in [-0.2, -0.15) is 0 Å². The Morgan fingerprint density at radius 3 is 2.50 bits per heavy atom. The molecule has 140 valence electrons. The molecule has 0 atom stereocenters. The number of piperidine rings is 1. The zero-order valence-electron chi connectivity index (χ0n) is 15.7. The summed E-state index contributed by atoms with van der Waals surface area (Å²) in [4.78, 5) is 17.1. The average molecular weight is 356 g/mol. The van der Waals surface area contributed by atoms with E-state index in [0.717, 1.165) is 44.6 Å². The molecule has 26 heavy (non-hydrogen) atoms. The molecule has 1 aromatic heterocycles. The number of hydrogen-bond acceptors (Lipinski definition) is 4. The van der Waals surface area contributed by atoms with E-state index < -0.39 is 0 Å². The van der Waals surface area contributed by atoms with Gasteiger partial charge >= 0.3 is 0 Å². The summed E-state index contributed by atoms with van der Waals surface area (Å²) in [6.45, 7) is 5.10. The molecule has 0 unspecified atom stereocenters. The standard InChI is InChI=1S/C21H28N2O3/c1-3-17-4-6-19(7-5-17)23(21(24)16-25-2)20-8-11-22(12-9-20)14-18-10-13-26-15-18/h4-7,10,13,15,20H,3,8-9,11-12,14,16H2,1-2H3. The third-order valence-electron chi connectivity index (χ3n) is 5.07. The lowest BCUT2D eigenvalue weighted by Gasteiger charge is -2.38. The normalized spacial score (nSPS) is 15.9. The summed E-state index contributed by atoms with van der Waals surface area (Å²) in [6, 6.07) is 10.6. The number of aryl methyl sites for hydroxylation is 1. The lowest BCUT2D eigenvalue weighted by atomic mass is 10.0. The first-order valence-electron chi connectivity index (χ1n) is 9.34. The Bertz CT molecular complexity index is 674. The Balaban J connectivity index is 1.68. The van der Waals surface area contributed by atoms with E-state index in [1.165, 1.54) is 11.1 Å². The van der Waals surface area contributed by atoms with Gasteiger partial charge in [-0.1, -0.05) is 19.1 Å². The molecule has 2 heterocycles. The largest absolute Gasteiger partial charge is 0.472 e. The van der Waals surface area contributed by atoms with E-state index in [1.807, 2.05) is 11.0 Å². The van der Waals surface area contributed by atoms with Crippen molar-refractivity contribution in [1.82, 2.24) is 4.90 Å². The Morgan fingerprint density at radius 1 is 1.19 bits per heavy atom. The van der Waals surface area contributed by atoms with Gasteiger partial charge < -0.3 is 14.1 Å². The van der Waals surface area contributed by atoms with Crippen LogP contribution in [0.15, 0.2) is 47.3 Å². The molecule has 5 heteroatoms. The maximum Gasteiger partial charge on any atom is 0.253 e. The fourth-order valence-corrected chi connectivity index (χ4v) is 3.62. The molecule has 1 fully saturated rings. The van der Waals surface area contributed by atoms with Crippen molar-refractivity contribution in [2.75, 3.05) is 31.7 Å². The molecule has 0 bridgehead atoms. The molecule has 0 spiro atoms.